The van der Waals surface area contributed by atoms with Crippen LogP contribution in [-0.4, -0.2) is 16.7 Å². The highest BCUT2D eigenvalue weighted by Crippen LogP contribution is 2.45. The second-order valence-electron chi connectivity index (χ2n) is 5.19. The minimum Gasteiger partial charge on any atom is -0.496 e. The maximum Gasteiger partial charge on any atom is 0.132 e. The van der Waals surface area contributed by atoms with Crippen LogP contribution in [0.4, 0.5) is 5.82 Å². The van der Waals surface area contributed by atoms with E-state index in [-0.39, 0.29) is 0 Å². The van der Waals surface area contributed by atoms with Gasteiger partial charge >= 0.3 is 0 Å². The molecule has 2 aromatic rings. The number of aromatic nitrogens is 2. The number of halogens is 1. The zero-order valence-corrected chi connectivity index (χ0v) is 12.7. The Morgan fingerprint density at radius 2 is 2.29 bits per heavy atom. The molecule has 0 unspecified atom stereocenters. The molecule has 0 radical (unpaired) electrons. The van der Waals surface area contributed by atoms with Gasteiger partial charge in [-0.25, -0.2) is 4.98 Å². The summed E-state index contributed by atoms with van der Waals surface area (Å²) in [6.07, 6.45) is 4.15. The fourth-order valence-corrected chi connectivity index (χ4v) is 2.80. The molecule has 0 spiro atoms. The summed E-state index contributed by atoms with van der Waals surface area (Å²) in [5.41, 5.74) is 7.77. The molecule has 0 bridgehead atoms. The first kappa shape index (κ1) is 14.0. The number of nitrogen functional groups attached to an aromatic ring is 1. The Hall–Kier alpha value is -1.94. The number of anilines is 1. The molecule has 1 aliphatic carbocycles. The molecule has 0 saturated heterocycles. The molecule has 1 aromatic carbocycles. The molecule has 1 heterocycles. The Balaban J connectivity index is 2.19. The Labute approximate surface area is 129 Å². The van der Waals surface area contributed by atoms with Crippen LogP contribution in [-0.2, 0) is 6.54 Å². The monoisotopic (exact) mass is 303 g/mol. The molecule has 1 saturated carbocycles. The van der Waals surface area contributed by atoms with E-state index < -0.39 is 0 Å². The van der Waals surface area contributed by atoms with Crippen molar-refractivity contribution in [2.75, 3.05) is 12.8 Å². The van der Waals surface area contributed by atoms with Crippen molar-refractivity contribution < 1.29 is 4.74 Å². The average Bonchev–Trinajstić information content (AvgIpc) is 3.27. The largest absolute Gasteiger partial charge is 0.496 e. The van der Waals surface area contributed by atoms with Crippen LogP contribution in [0.1, 0.15) is 24.6 Å². The normalized spacial score (nSPS) is 14.2. The van der Waals surface area contributed by atoms with Gasteiger partial charge in [0.1, 0.15) is 23.1 Å². The summed E-state index contributed by atoms with van der Waals surface area (Å²) in [6.45, 7) is 4.45. The van der Waals surface area contributed by atoms with Crippen LogP contribution in [0.5, 0.6) is 5.75 Å². The predicted octanol–water partition coefficient (Wildman–Crippen LogP) is 3.86. The molecule has 21 heavy (non-hydrogen) atoms. The lowest BCUT2D eigenvalue weighted by molar-refractivity contribution is 0.416. The minimum atomic E-state index is 0.495. The van der Waals surface area contributed by atoms with Gasteiger partial charge in [0, 0.05) is 12.5 Å². The van der Waals surface area contributed by atoms with Gasteiger partial charge in [-0.1, -0.05) is 23.7 Å². The summed E-state index contributed by atoms with van der Waals surface area (Å²) >= 11 is 6.34. The molecule has 1 fully saturated rings. The molecule has 1 aromatic heterocycles. The third-order valence-corrected chi connectivity index (χ3v) is 4.04. The van der Waals surface area contributed by atoms with Crippen molar-refractivity contribution in [2.45, 2.75) is 25.3 Å². The molecule has 110 valence electrons. The number of benzene rings is 1. The predicted molar refractivity (Wildman–Crippen MR) is 85.8 cm³/mol. The standard InChI is InChI=1S/C16H18ClN3O/c1-3-9-20-15(18)14(19-16(20)10-7-8-10)13-11(17)5-4-6-12(13)21-2/h3-6,10H,1,7-9,18H2,2H3. The first-order valence-electron chi connectivity index (χ1n) is 6.97. The van der Waals surface area contributed by atoms with Crippen LogP contribution in [0.25, 0.3) is 11.3 Å². The van der Waals surface area contributed by atoms with Crippen LogP contribution in [0.15, 0.2) is 30.9 Å². The van der Waals surface area contributed by atoms with E-state index >= 15 is 0 Å². The lowest BCUT2D eigenvalue weighted by Gasteiger charge is -2.09. The maximum absolute atomic E-state index is 6.34. The molecule has 0 atom stereocenters. The van der Waals surface area contributed by atoms with E-state index in [0.29, 0.717) is 34.7 Å². The zero-order chi connectivity index (χ0) is 15.0. The zero-order valence-electron chi connectivity index (χ0n) is 12.0. The van der Waals surface area contributed by atoms with E-state index in [2.05, 4.69) is 6.58 Å². The van der Waals surface area contributed by atoms with Gasteiger partial charge in [-0.2, -0.15) is 0 Å². The Kier molecular flexibility index (Phi) is 3.64. The number of rotatable bonds is 5. The van der Waals surface area contributed by atoms with E-state index in [1.54, 1.807) is 7.11 Å². The van der Waals surface area contributed by atoms with E-state index in [9.17, 15) is 0 Å². The van der Waals surface area contributed by atoms with Crippen molar-refractivity contribution in [3.63, 3.8) is 0 Å². The SMILES string of the molecule is C=CCn1c(C2CC2)nc(-c2c(Cl)cccc2OC)c1N. The highest BCUT2D eigenvalue weighted by Gasteiger charge is 2.31. The molecular formula is C16H18ClN3O. The fraction of sp³-hybridized carbons (Fsp3) is 0.312. The van der Waals surface area contributed by atoms with Gasteiger partial charge in [0.15, 0.2) is 0 Å². The Morgan fingerprint density at radius 1 is 1.52 bits per heavy atom. The number of ether oxygens (including phenoxy) is 1. The smallest absolute Gasteiger partial charge is 0.132 e. The van der Waals surface area contributed by atoms with Gasteiger partial charge in [-0.3, -0.25) is 0 Å². The highest BCUT2D eigenvalue weighted by molar-refractivity contribution is 6.33. The van der Waals surface area contributed by atoms with E-state index in [0.717, 1.165) is 24.2 Å². The Morgan fingerprint density at radius 3 is 2.90 bits per heavy atom. The maximum atomic E-state index is 6.34. The van der Waals surface area contributed by atoms with Crippen molar-refractivity contribution in [1.29, 1.82) is 0 Å². The molecule has 0 amide bonds. The first-order valence-corrected chi connectivity index (χ1v) is 7.34. The Bertz CT molecular complexity index is 689. The molecule has 2 N–H and O–H groups in total. The summed E-state index contributed by atoms with van der Waals surface area (Å²) in [4.78, 5) is 4.76. The topological polar surface area (TPSA) is 53.1 Å². The van der Waals surface area contributed by atoms with Gasteiger partial charge in [-0.15, -0.1) is 6.58 Å². The van der Waals surface area contributed by atoms with Crippen molar-refractivity contribution in [2.24, 2.45) is 0 Å². The van der Waals surface area contributed by atoms with Gasteiger partial charge in [0.25, 0.3) is 0 Å². The van der Waals surface area contributed by atoms with Crippen molar-refractivity contribution >= 4 is 17.4 Å². The minimum absolute atomic E-state index is 0.495. The van der Waals surface area contributed by atoms with Crippen LogP contribution in [0, 0.1) is 0 Å². The van der Waals surface area contributed by atoms with Crippen molar-refractivity contribution in [1.82, 2.24) is 9.55 Å². The van der Waals surface area contributed by atoms with Crippen LogP contribution in [0.3, 0.4) is 0 Å². The average molecular weight is 304 g/mol. The van der Waals surface area contributed by atoms with E-state index in [1.807, 2.05) is 28.8 Å². The summed E-state index contributed by atoms with van der Waals surface area (Å²) < 4.78 is 7.43. The number of imidazole rings is 1. The summed E-state index contributed by atoms with van der Waals surface area (Å²) in [7, 11) is 1.62. The molecule has 1 aliphatic rings. The quantitative estimate of drug-likeness (QED) is 0.853. The second-order valence-corrected chi connectivity index (χ2v) is 5.60. The number of nitrogens with zero attached hydrogens (tertiary/aromatic N) is 2. The molecular weight excluding hydrogens is 286 g/mol. The van der Waals surface area contributed by atoms with Crippen LogP contribution < -0.4 is 10.5 Å². The van der Waals surface area contributed by atoms with Gasteiger partial charge in [0.2, 0.25) is 0 Å². The third kappa shape index (κ3) is 2.40. The second kappa shape index (κ2) is 5.45. The van der Waals surface area contributed by atoms with Gasteiger partial charge < -0.3 is 15.0 Å². The van der Waals surface area contributed by atoms with E-state index in [4.69, 9.17) is 27.1 Å². The lowest BCUT2D eigenvalue weighted by atomic mass is 10.1. The highest BCUT2D eigenvalue weighted by atomic mass is 35.5. The van der Waals surface area contributed by atoms with Gasteiger partial charge in [0.05, 0.1) is 17.7 Å². The molecule has 3 rings (SSSR count). The number of nitrogens with two attached hydrogens (primary N) is 1. The third-order valence-electron chi connectivity index (χ3n) is 3.72. The van der Waals surface area contributed by atoms with Gasteiger partial charge in [-0.05, 0) is 25.0 Å². The number of methoxy groups -OCH3 is 1. The summed E-state index contributed by atoms with van der Waals surface area (Å²) in [6, 6.07) is 5.54. The first-order chi connectivity index (χ1) is 10.2. The van der Waals surface area contributed by atoms with Crippen molar-refractivity contribution in [3.05, 3.63) is 41.7 Å². The molecule has 5 heteroatoms. The number of hydrogen-bond acceptors (Lipinski definition) is 3. The van der Waals surface area contributed by atoms with Crippen LogP contribution in [0.2, 0.25) is 5.02 Å². The summed E-state index contributed by atoms with van der Waals surface area (Å²) in [5, 5.41) is 0.589. The lowest BCUT2D eigenvalue weighted by Crippen LogP contribution is -2.05. The number of allylic oxidation sites excluding steroid dienone is 1. The molecule has 0 aliphatic heterocycles. The molecule has 4 nitrogen and oxygen atoms in total. The fourth-order valence-electron chi connectivity index (χ4n) is 2.55. The van der Waals surface area contributed by atoms with Crippen LogP contribution >= 0.6 is 11.6 Å². The van der Waals surface area contributed by atoms with Crippen molar-refractivity contribution in [3.8, 4) is 17.0 Å². The van der Waals surface area contributed by atoms with E-state index in [1.165, 1.54) is 0 Å². The summed E-state index contributed by atoms with van der Waals surface area (Å²) in [5.74, 6) is 2.81. The number of hydrogen-bond donors (Lipinski definition) is 1.